The highest BCUT2D eigenvalue weighted by atomic mass is 19.1. The van der Waals surface area contributed by atoms with Crippen LogP contribution in [-0.4, -0.2) is 10.5 Å². The van der Waals surface area contributed by atoms with Gasteiger partial charge in [0.2, 0.25) is 5.91 Å². The Labute approximate surface area is 184 Å². The molecule has 1 heterocycles. The number of amides is 1. The maximum absolute atomic E-state index is 14.3. The largest absolute Gasteiger partial charge is 0.454 e. The molecule has 0 bridgehead atoms. The van der Waals surface area contributed by atoms with E-state index < -0.39 is 11.6 Å². The first kappa shape index (κ1) is 21.5. The van der Waals surface area contributed by atoms with Crippen LogP contribution < -0.4 is 15.6 Å². The minimum atomic E-state index is -0.831. The third kappa shape index (κ3) is 4.19. The molecular weight excluding hydrogens is 414 g/mol. The number of carbonyl (C=O) groups is 1. The predicted molar refractivity (Wildman–Crippen MR) is 119 cm³/mol. The Balaban J connectivity index is 1.89. The summed E-state index contributed by atoms with van der Waals surface area (Å²) in [4.78, 5) is 24.5. The van der Waals surface area contributed by atoms with E-state index in [1.807, 2.05) is 0 Å². The Kier molecular flexibility index (Phi) is 5.90. The summed E-state index contributed by atoms with van der Waals surface area (Å²) in [6.45, 7) is 3.46. The summed E-state index contributed by atoms with van der Waals surface area (Å²) in [6, 6.07) is 8.03. The molecule has 0 atom stereocenters. The molecule has 5 nitrogen and oxygen atoms in total. The van der Waals surface area contributed by atoms with Crippen LogP contribution in [0.25, 0.3) is 11.1 Å². The van der Waals surface area contributed by atoms with Crippen molar-refractivity contribution >= 4 is 11.6 Å². The molecule has 0 unspecified atom stereocenters. The number of pyridine rings is 1. The highest BCUT2D eigenvalue weighted by molar-refractivity contribution is 5.99. The van der Waals surface area contributed by atoms with Gasteiger partial charge in [-0.05, 0) is 67.7 Å². The van der Waals surface area contributed by atoms with Crippen molar-refractivity contribution in [1.82, 2.24) is 4.57 Å². The van der Waals surface area contributed by atoms with E-state index in [4.69, 9.17) is 4.74 Å². The molecule has 32 heavy (non-hydrogen) atoms. The summed E-state index contributed by atoms with van der Waals surface area (Å²) < 4.78 is 35.0. The van der Waals surface area contributed by atoms with Crippen LogP contribution in [0.2, 0.25) is 0 Å². The quantitative estimate of drug-likeness (QED) is 0.565. The van der Waals surface area contributed by atoms with E-state index in [1.165, 1.54) is 10.6 Å². The molecule has 0 saturated carbocycles. The molecule has 3 aromatic rings. The molecule has 2 aromatic carbocycles. The van der Waals surface area contributed by atoms with Gasteiger partial charge in [0.1, 0.15) is 11.6 Å². The highest BCUT2D eigenvalue weighted by Gasteiger charge is 2.22. The molecule has 0 aliphatic heterocycles. The molecule has 1 aromatic heterocycles. The van der Waals surface area contributed by atoms with Crippen LogP contribution in [0.5, 0.6) is 11.5 Å². The van der Waals surface area contributed by atoms with Crippen molar-refractivity contribution in [3.63, 3.8) is 0 Å². The van der Waals surface area contributed by atoms with Crippen LogP contribution in [0.4, 0.5) is 14.5 Å². The van der Waals surface area contributed by atoms with Gasteiger partial charge < -0.3 is 14.6 Å². The van der Waals surface area contributed by atoms with Crippen molar-refractivity contribution in [1.29, 1.82) is 0 Å². The molecular formula is C25H22F2N2O3. The summed E-state index contributed by atoms with van der Waals surface area (Å²) in [5.41, 5.74) is 3.51. The second-order valence-corrected chi connectivity index (χ2v) is 7.70. The first-order valence-electron chi connectivity index (χ1n) is 10.3. The average molecular weight is 436 g/mol. The fourth-order valence-electron chi connectivity index (χ4n) is 3.99. The van der Waals surface area contributed by atoms with Crippen LogP contribution in [0.1, 0.15) is 24.0 Å². The summed E-state index contributed by atoms with van der Waals surface area (Å²) in [7, 11) is 1.68. The Morgan fingerprint density at radius 2 is 1.78 bits per heavy atom. The van der Waals surface area contributed by atoms with Crippen LogP contribution >= 0.6 is 0 Å². The van der Waals surface area contributed by atoms with Gasteiger partial charge >= 0.3 is 0 Å². The van der Waals surface area contributed by atoms with Gasteiger partial charge in [-0.3, -0.25) is 9.59 Å². The number of nitrogens with zero attached hydrogens (tertiary/aromatic N) is 1. The standard InChI is InChI=1S/C25H22F2N2O3/c1-3-24(30)28-16-9-11-22(32-23-10-8-15(26)12-21(23)27)19(13-16)20-14-29(2)25(31)18-7-5-4-6-17(18)20/h3,8-14H,1,4-7H2,2H3,(H,28,30). The Morgan fingerprint density at radius 3 is 2.50 bits per heavy atom. The van der Waals surface area contributed by atoms with E-state index >= 15 is 0 Å². The van der Waals surface area contributed by atoms with Crippen molar-refractivity contribution in [3.8, 4) is 22.6 Å². The van der Waals surface area contributed by atoms with E-state index in [-0.39, 0.29) is 17.2 Å². The lowest BCUT2D eigenvalue weighted by Crippen LogP contribution is -2.25. The number of halogens is 2. The van der Waals surface area contributed by atoms with Crippen LogP contribution in [0.3, 0.4) is 0 Å². The zero-order valence-electron chi connectivity index (χ0n) is 17.6. The maximum Gasteiger partial charge on any atom is 0.253 e. The van der Waals surface area contributed by atoms with Crippen LogP contribution in [0, 0.1) is 11.6 Å². The van der Waals surface area contributed by atoms with Crippen molar-refractivity contribution in [3.05, 3.63) is 88.4 Å². The molecule has 0 fully saturated rings. The Bertz CT molecular complexity index is 1280. The summed E-state index contributed by atoms with van der Waals surface area (Å²) in [6.07, 6.45) is 6.19. The van der Waals surface area contributed by atoms with Crippen molar-refractivity contribution in [2.24, 2.45) is 7.05 Å². The monoisotopic (exact) mass is 436 g/mol. The fraction of sp³-hybridized carbons (Fsp3) is 0.200. The highest BCUT2D eigenvalue weighted by Crippen LogP contribution is 2.39. The number of anilines is 1. The number of nitrogens with one attached hydrogen (secondary N) is 1. The van der Waals surface area contributed by atoms with Gasteiger partial charge in [0.25, 0.3) is 5.56 Å². The molecule has 1 aliphatic rings. The number of aromatic nitrogens is 1. The van der Waals surface area contributed by atoms with Gasteiger partial charge in [-0.2, -0.15) is 0 Å². The second-order valence-electron chi connectivity index (χ2n) is 7.70. The van der Waals surface area contributed by atoms with Gasteiger partial charge in [0.15, 0.2) is 11.6 Å². The molecule has 7 heteroatoms. The average Bonchev–Trinajstić information content (AvgIpc) is 2.79. The number of hydrogen-bond acceptors (Lipinski definition) is 3. The smallest absolute Gasteiger partial charge is 0.253 e. The molecule has 0 saturated heterocycles. The third-order valence-corrected chi connectivity index (χ3v) is 5.53. The molecule has 1 aliphatic carbocycles. The zero-order valence-corrected chi connectivity index (χ0v) is 17.6. The molecule has 1 N–H and O–H groups in total. The summed E-state index contributed by atoms with van der Waals surface area (Å²) in [5.74, 6) is -1.73. The first-order valence-corrected chi connectivity index (χ1v) is 10.3. The van der Waals surface area contributed by atoms with Crippen molar-refractivity contribution < 1.29 is 18.3 Å². The van der Waals surface area contributed by atoms with Crippen molar-refractivity contribution in [2.75, 3.05) is 5.32 Å². The predicted octanol–water partition coefficient (Wildman–Crippen LogP) is 5.13. The zero-order chi connectivity index (χ0) is 22.8. The third-order valence-electron chi connectivity index (χ3n) is 5.53. The molecule has 1 amide bonds. The van der Waals surface area contributed by atoms with E-state index in [0.717, 1.165) is 54.2 Å². The number of benzene rings is 2. The van der Waals surface area contributed by atoms with Crippen LogP contribution in [-0.2, 0) is 24.7 Å². The lowest BCUT2D eigenvalue weighted by molar-refractivity contribution is -0.111. The number of fused-ring (bicyclic) bond motifs is 1. The lowest BCUT2D eigenvalue weighted by atomic mass is 9.87. The number of ether oxygens (including phenoxy) is 1. The van der Waals surface area contributed by atoms with Gasteiger partial charge in [0.05, 0.1) is 0 Å². The van der Waals surface area contributed by atoms with E-state index in [1.54, 1.807) is 31.4 Å². The van der Waals surface area contributed by atoms with E-state index in [0.29, 0.717) is 23.4 Å². The number of carbonyl (C=O) groups excluding carboxylic acids is 1. The van der Waals surface area contributed by atoms with Gasteiger partial charge in [-0.25, -0.2) is 8.78 Å². The summed E-state index contributed by atoms with van der Waals surface area (Å²) in [5, 5.41) is 2.71. The van der Waals surface area contributed by atoms with Gasteiger partial charge in [-0.1, -0.05) is 6.58 Å². The second kappa shape index (κ2) is 8.78. The fourth-order valence-corrected chi connectivity index (χ4v) is 3.99. The van der Waals surface area contributed by atoms with Gasteiger partial charge in [0, 0.05) is 41.7 Å². The minimum Gasteiger partial charge on any atom is -0.454 e. The van der Waals surface area contributed by atoms with Crippen LogP contribution in [0.15, 0.2) is 60.0 Å². The Morgan fingerprint density at radius 1 is 1.06 bits per heavy atom. The first-order chi connectivity index (χ1) is 15.4. The van der Waals surface area contributed by atoms with Crippen molar-refractivity contribution in [2.45, 2.75) is 25.7 Å². The van der Waals surface area contributed by atoms with E-state index in [2.05, 4.69) is 11.9 Å². The summed E-state index contributed by atoms with van der Waals surface area (Å²) >= 11 is 0. The SMILES string of the molecule is C=CC(=O)Nc1ccc(Oc2ccc(F)cc2F)c(-c2cn(C)c(=O)c3c2CCCC3)c1. The maximum atomic E-state index is 14.3. The molecule has 0 radical (unpaired) electrons. The van der Waals surface area contributed by atoms with Gasteiger partial charge in [-0.15, -0.1) is 0 Å². The molecule has 164 valence electrons. The Hall–Kier alpha value is -3.74. The molecule has 0 spiro atoms. The number of aryl methyl sites for hydroxylation is 1. The topological polar surface area (TPSA) is 60.3 Å². The van der Waals surface area contributed by atoms with E-state index in [9.17, 15) is 18.4 Å². The molecule has 4 rings (SSSR count). The normalized spacial score (nSPS) is 12.7. The minimum absolute atomic E-state index is 0.0355. The lowest BCUT2D eigenvalue weighted by Gasteiger charge is -2.22. The number of rotatable bonds is 5. The number of hydrogen-bond donors (Lipinski definition) is 1.